The molecular weight excluding hydrogens is 318 g/mol. The Labute approximate surface area is 148 Å². The summed E-state index contributed by atoms with van der Waals surface area (Å²) >= 11 is 0. The van der Waals surface area contributed by atoms with Crippen LogP contribution in [0, 0.1) is 5.41 Å². The second kappa shape index (κ2) is 6.90. The van der Waals surface area contributed by atoms with E-state index in [-0.39, 0.29) is 11.7 Å². The van der Waals surface area contributed by atoms with Gasteiger partial charge in [-0.1, -0.05) is 19.3 Å². The van der Waals surface area contributed by atoms with Crippen LogP contribution >= 0.6 is 0 Å². The highest BCUT2D eigenvalue weighted by atomic mass is 16.5. The number of rotatable bonds is 4. The molecule has 2 aliphatic carbocycles. The first-order chi connectivity index (χ1) is 12.1. The highest BCUT2D eigenvalue weighted by Gasteiger charge is 2.47. The zero-order valence-electron chi connectivity index (χ0n) is 14.7. The van der Waals surface area contributed by atoms with E-state index in [1.165, 1.54) is 70.4 Å². The van der Waals surface area contributed by atoms with Crippen LogP contribution in [0.5, 0.6) is 6.01 Å². The number of carboxylic acids is 1. The lowest BCUT2D eigenvalue weighted by atomic mass is 9.61. The molecule has 136 valence electrons. The highest BCUT2D eigenvalue weighted by Crippen LogP contribution is 2.50. The number of hydrogen-bond donors (Lipinski definition) is 1. The fourth-order valence-electron chi connectivity index (χ4n) is 4.84. The Hall–Kier alpha value is -1.69. The number of ether oxygens (including phenoxy) is 1. The largest absolute Gasteiger partial charge is 0.478 e. The molecule has 0 radical (unpaired) electrons. The van der Waals surface area contributed by atoms with Gasteiger partial charge >= 0.3 is 12.0 Å². The van der Waals surface area contributed by atoms with Crippen LogP contribution in [-0.2, 0) is 0 Å². The molecule has 1 spiro atoms. The van der Waals surface area contributed by atoms with E-state index in [9.17, 15) is 4.79 Å². The predicted octanol–water partition coefficient (Wildman–Crippen LogP) is 3.13. The third kappa shape index (κ3) is 3.64. The number of likely N-dealkylation sites (tertiary alicyclic amines) is 1. The Morgan fingerprint density at radius 1 is 1.12 bits per heavy atom. The van der Waals surface area contributed by atoms with E-state index in [1.807, 2.05) is 0 Å². The van der Waals surface area contributed by atoms with Gasteiger partial charge in [0.2, 0.25) is 0 Å². The van der Waals surface area contributed by atoms with Crippen molar-refractivity contribution in [3.8, 4) is 6.01 Å². The van der Waals surface area contributed by atoms with Gasteiger partial charge < -0.3 is 14.7 Å². The van der Waals surface area contributed by atoms with E-state index in [0.29, 0.717) is 11.4 Å². The van der Waals surface area contributed by atoms with Gasteiger partial charge in [0.15, 0.2) is 0 Å². The smallest absolute Gasteiger partial charge is 0.338 e. The maximum absolute atomic E-state index is 10.8. The summed E-state index contributed by atoms with van der Waals surface area (Å²) in [5, 5.41) is 8.87. The minimum Gasteiger partial charge on any atom is -0.478 e. The van der Waals surface area contributed by atoms with Crippen LogP contribution in [0.25, 0.3) is 0 Å². The molecule has 2 saturated carbocycles. The van der Waals surface area contributed by atoms with Crippen LogP contribution < -0.4 is 4.74 Å². The summed E-state index contributed by atoms with van der Waals surface area (Å²) in [6.07, 6.45) is 14.5. The maximum atomic E-state index is 10.8. The number of aromatic nitrogens is 2. The molecule has 0 unspecified atom stereocenters. The van der Waals surface area contributed by atoms with E-state index in [4.69, 9.17) is 9.84 Å². The van der Waals surface area contributed by atoms with Gasteiger partial charge in [0.25, 0.3) is 0 Å². The number of carbonyl (C=O) groups is 1. The molecule has 2 heterocycles. The zero-order valence-corrected chi connectivity index (χ0v) is 14.7. The summed E-state index contributed by atoms with van der Waals surface area (Å²) in [4.78, 5) is 21.6. The van der Waals surface area contributed by atoms with Crippen LogP contribution in [0.1, 0.15) is 68.1 Å². The van der Waals surface area contributed by atoms with Crippen molar-refractivity contribution in [3.05, 3.63) is 18.0 Å². The van der Waals surface area contributed by atoms with Crippen molar-refractivity contribution in [2.45, 2.75) is 69.9 Å². The van der Waals surface area contributed by atoms with E-state index >= 15 is 0 Å². The molecule has 3 fully saturated rings. The molecule has 6 heteroatoms. The molecule has 1 N–H and O–H groups in total. The molecule has 1 aromatic rings. The van der Waals surface area contributed by atoms with Gasteiger partial charge in [0.1, 0.15) is 6.10 Å². The Morgan fingerprint density at radius 3 is 2.36 bits per heavy atom. The molecule has 4 rings (SSSR count). The quantitative estimate of drug-likeness (QED) is 0.903. The van der Waals surface area contributed by atoms with Crippen molar-refractivity contribution in [2.24, 2.45) is 5.41 Å². The normalized spacial score (nSPS) is 24.8. The van der Waals surface area contributed by atoms with Crippen molar-refractivity contribution in [1.29, 1.82) is 0 Å². The Morgan fingerprint density at radius 2 is 1.76 bits per heavy atom. The summed E-state index contributed by atoms with van der Waals surface area (Å²) in [7, 11) is 0. The van der Waals surface area contributed by atoms with Gasteiger partial charge in [0, 0.05) is 18.4 Å². The third-order valence-corrected chi connectivity index (χ3v) is 6.42. The number of carboxylic acid groups (broad SMARTS) is 1. The van der Waals surface area contributed by atoms with Gasteiger partial charge in [0.05, 0.1) is 5.56 Å². The van der Waals surface area contributed by atoms with Crippen molar-refractivity contribution in [2.75, 3.05) is 13.1 Å². The van der Waals surface area contributed by atoms with Crippen molar-refractivity contribution in [1.82, 2.24) is 14.9 Å². The number of piperidine rings is 1. The molecule has 3 aliphatic rings. The molecule has 1 aromatic heterocycles. The molecule has 0 atom stereocenters. The van der Waals surface area contributed by atoms with E-state index in [0.717, 1.165) is 18.9 Å². The fraction of sp³-hybridized carbons (Fsp3) is 0.737. The van der Waals surface area contributed by atoms with Gasteiger partial charge in [-0.2, -0.15) is 0 Å². The van der Waals surface area contributed by atoms with Crippen LogP contribution in [0.2, 0.25) is 0 Å². The van der Waals surface area contributed by atoms with Gasteiger partial charge in [-0.25, -0.2) is 14.8 Å². The lowest BCUT2D eigenvalue weighted by Gasteiger charge is -2.52. The van der Waals surface area contributed by atoms with Gasteiger partial charge in [-0.3, -0.25) is 0 Å². The first kappa shape index (κ1) is 16.8. The molecular formula is C19H27N3O3. The fourth-order valence-corrected chi connectivity index (χ4v) is 4.84. The molecule has 1 aliphatic heterocycles. The molecule has 0 bridgehead atoms. The second-order valence-corrected chi connectivity index (χ2v) is 8.04. The molecule has 25 heavy (non-hydrogen) atoms. The summed E-state index contributed by atoms with van der Waals surface area (Å²) in [5.74, 6) is -1.01. The van der Waals surface area contributed by atoms with E-state index in [2.05, 4.69) is 14.9 Å². The number of hydrogen-bond acceptors (Lipinski definition) is 5. The highest BCUT2D eigenvalue weighted by molar-refractivity contribution is 5.86. The number of aromatic carboxylic acids is 1. The van der Waals surface area contributed by atoms with Crippen LogP contribution in [0.4, 0.5) is 0 Å². The summed E-state index contributed by atoms with van der Waals surface area (Å²) in [5.41, 5.74) is 0.545. The Bertz CT molecular complexity index is 597. The molecule has 6 nitrogen and oxygen atoms in total. The van der Waals surface area contributed by atoms with Crippen molar-refractivity contribution in [3.63, 3.8) is 0 Å². The minimum atomic E-state index is -1.01. The van der Waals surface area contributed by atoms with Gasteiger partial charge in [-0.05, 0) is 57.0 Å². The summed E-state index contributed by atoms with van der Waals surface area (Å²) in [6.45, 7) is 2.47. The topological polar surface area (TPSA) is 75.6 Å². The van der Waals surface area contributed by atoms with Crippen LogP contribution in [0.3, 0.4) is 0 Å². The van der Waals surface area contributed by atoms with E-state index < -0.39 is 5.97 Å². The zero-order chi connectivity index (χ0) is 17.3. The molecule has 1 saturated heterocycles. The van der Waals surface area contributed by atoms with E-state index in [1.54, 1.807) is 0 Å². The SMILES string of the molecule is O=C(O)c1cnc(OC2CC3(CCN(C4CCCCC4)CC3)C2)nc1. The molecule has 0 amide bonds. The second-order valence-electron chi connectivity index (χ2n) is 8.04. The monoisotopic (exact) mass is 345 g/mol. The summed E-state index contributed by atoms with van der Waals surface area (Å²) < 4.78 is 5.83. The standard InChI is InChI=1S/C19H27N3O3/c23-17(24)14-12-20-18(21-13-14)25-16-10-19(11-16)6-8-22(9-7-19)15-4-2-1-3-5-15/h12-13,15-16H,1-11H2,(H,23,24). The first-order valence-corrected chi connectivity index (χ1v) is 9.60. The van der Waals surface area contributed by atoms with Crippen LogP contribution in [0.15, 0.2) is 12.4 Å². The maximum Gasteiger partial charge on any atom is 0.338 e. The molecule has 0 aromatic carbocycles. The Balaban J connectivity index is 1.24. The first-order valence-electron chi connectivity index (χ1n) is 9.60. The van der Waals surface area contributed by atoms with Crippen LogP contribution in [-0.4, -0.2) is 51.2 Å². The average molecular weight is 345 g/mol. The summed E-state index contributed by atoms with van der Waals surface area (Å²) in [6, 6.07) is 1.13. The van der Waals surface area contributed by atoms with Crippen molar-refractivity contribution >= 4 is 5.97 Å². The minimum absolute atomic E-state index is 0.0903. The predicted molar refractivity (Wildman–Crippen MR) is 92.8 cm³/mol. The Kier molecular flexibility index (Phi) is 4.63. The lowest BCUT2D eigenvalue weighted by molar-refractivity contribution is -0.0666. The van der Waals surface area contributed by atoms with Crippen molar-refractivity contribution < 1.29 is 14.6 Å². The lowest BCUT2D eigenvalue weighted by Crippen LogP contribution is -2.53. The van der Waals surface area contributed by atoms with Gasteiger partial charge in [-0.15, -0.1) is 0 Å². The average Bonchev–Trinajstić information content (AvgIpc) is 2.62. The third-order valence-electron chi connectivity index (χ3n) is 6.42. The number of nitrogens with zero attached hydrogens (tertiary/aromatic N) is 3.